The number of rotatable bonds is 6. The fraction of sp³-hybridized carbons (Fsp3) is 0.438. The van der Waals surface area contributed by atoms with Crippen LogP contribution in [-0.2, 0) is 13.5 Å². The molecule has 128 valence electrons. The normalized spacial score (nSPS) is 15.3. The highest BCUT2D eigenvalue weighted by atomic mass is 19.2. The Morgan fingerprint density at radius 1 is 1.42 bits per heavy atom. The topological polar surface area (TPSA) is 79.8 Å². The second-order valence-corrected chi connectivity index (χ2v) is 6.16. The van der Waals surface area contributed by atoms with E-state index in [0.29, 0.717) is 24.4 Å². The van der Waals surface area contributed by atoms with Crippen molar-refractivity contribution in [1.82, 2.24) is 20.1 Å². The number of carbonyl (C=O) groups is 1. The zero-order valence-corrected chi connectivity index (χ0v) is 13.2. The van der Waals surface area contributed by atoms with Crippen LogP contribution in [0.1, 0.15) is 29.0 Å². The van der Waals surface area contributed by atoms with Gasteiger partial charge in [0.25, 0.3) is 5.91 Å². The monoisotopic (exact) mass is 336 g/mol. The van der Waals surface area contributed by atoms with Crippen LogP contribution in [-0.4, -0.2) is 27.2 Å². The summed E-state index contributed by atoms with van der Waals surface area (Å²) < 4.78 is 27.4. The van der Waals surface area contributed by atoms with Crippen LogP contribution < -0.4 is 11.0 Å². The summed E-state index contributed by atoms with van der Waals surface area (Å²) in [5.41, 5.74) is 0.243. The van der Waals surface area contributed by atoms with Crippen molar-refractivity contribution in [2.24, 2.45) is 18.9 Å². The molecule has 8 heteroatoms. The van der Waals surface area contributed by atoms with Gasteiger partial charge in [0.1, 0.15) is 0 Å². The van der Waals surface area contributed by atoms with Crippen LogP contribution in [0.25, 0.3) is 0 Å². The van der Waals surface area contributed by atoms with E-state index in [9.17, 15) is 18.4 Å². The number of halogens is 2. The summed E-state index contributed by atoms with van der Waals surface area (Å²) in [4.78, 5) is 25.7. The molecular formula is C16H18F2N4O2. The molecule has 3 rings (SSSR count). The third-order valence-corrected chi connectivity index (χ3v) is 4.28. The molecule has 1 fully saturated rings. The van der Waals surface area contributed by atoms with Crippen LogP contribution in [0.5, 0.6) is 0 Å². The Labute approximate surface area is 136 Å². The van der Waals surface area contributed by atoms with E-state index in [2.05, 4.69) is 15.4 Å². The van der Waals surface area contributed by atoms with Crippen molar-refractivity contribution >= 4 is 5.91 Å². The number of hydrogen-bond donors (Lipinski definition) is 2. The van der Waals surface area contributed by atoms with Crippen molar-refractivity contribution in [3.63, 3.8) is 0 Å². The van der Waals surface area contributed by atoms with Crippen LogP contribution in [0.2, 0.25) is 0 Å². The molecule has 0 aliphatic heterocycles. The van der Waals surface area contributed by atoms with Crippen LogP contribution in [0.4, 0.5) is 8.78 Å². The lowest BCUT2D eigenvalue weighted by molar-refractivity contribution is 0.0934. The first kappa shape index (κ1) is 16.4. The maximum absolute atomic E-state index is 13.3. The quantitative estimate of drug-likeness (QED) is 0.836. The lowest BCUT2D eigenvalue weighted by atomic mass is 9.94. The first-order valence-corrected chi connectivity index (χ1v) is 7.79. The minimum absolute atomic E-state index is 0.0372. The molecule has 1 amide bonds. The highest BCUT2D eigenvalue weighted by Gasteiger charge is 2.31. The number of nitrogens with zero attached hydrogens (tertiary/aromatic N) is 2. The molecule has 1 atom stereocenters. The Bertz CT molecular complexity index is 811. The third kappa shape index (κ3) is 3.69. The van der Waals surface area contributed by atoms with E-state index >= 15 is 0 Å². The summed E-state index contributed by atoms with van der Waals surface area (Å²) in [5.74, 6) is -1.63. The van der Waals surface area contributed by atoms with Gasteiger partial charge < -0.3 is 5.32 Å². The molecule has 0 radical (unpaired) electrons. The predicted octanol–water partition coefficient (Wildman–Crippen LogP) is 1.39. The second-order valence-electron chi connectivity index (χ2n) is 6.16. The van der Waals surface area contributed by atoms with E-state index < -0.39 is 23.2 Å². The number of amides is 1. The average Bonchev–Trinajstić information content (AvgIpc) is 3.33. The fourth-order valence-electron chi connectivity index (χ4n) is 2.75. The van der Waals surface area contributed by atoms with Crippen molar-refractivity contribution in [3.8, 4) is 0 Å². The largest absolute Gasteiger partial charge is 0.349 e. The number of aromatic amines is 1. The average molecular weight is 336 g/mol. The lowest BCUT2D eigenvalue weighted by Crippen LogP contribution is -2.32. The van der Waals surface area contributed by atoms with Crippen LogP contribution in [0, 0.1) is 23.5 Å². The molecule has 1 aromatic carbocycles. The molecular weight excluding hydrogens is 318 g/mol. The molecule has 1 aromatic heterocycles. The first-order chi connectivity index (χ1) is 11.4. The van der Waals surface area contributed by atoms with Crippen molar-refractivity contribution in [2.75, 3.05) is 6.54 Å². The molecule has 0 bridgehead atoms. The van der Waals surface area contributed by atoms with E-state index in [1.54, 1.807) is 6.07 Å². The second kappa shape index (κ2) is 6.54. The summed E-state index contributed by atoms with van der Waals surface area (Å²) in [6.45, 7) is 0.390. The van der Waals surface area contributed by atoms with Crippen LogP contribution in [0.3, 0.4) is 0 Å². The zero-order valence-electron chi connectivity index (χ0n) is 13.2. The summed E-state index contributed by atoms with van der Waals surface area (Å²) in [7, 11) is 1.45. The van der Waals surface area contributed by atoms with Crippen LogP contribution >= 0.6 is 0 Å². The number of carbonyl (C=O) groups excluding carboxylic acids is 1. The molecule has 1 aliphatic carbocycles. The van der Waals surface area contributed by atoms with Gasteiger partial charge in [0.2, 0.25) is 5.82 Å². The predicted molar refractivity (Wildman–Crippen MR) is 82.4 cm³/mol. The molecule has 2 aromatic rings. The number of hydrogen-bond acceptors (Lipinski definition) is 3. The van der Waals surface area contributed by atoms with Crippen molar-refractivity contribution in [3.05, 3.63) is 51.7 Å². The molecule has 6 nitrogen and oxygen atoms in total. The molecule has 0 saturated heterocycles. The van der Waals surface area contributed by atoms with Crippen molar-refractivity contribution < 1.29 is 13.6 Å². The van der Waals surface area contributed by atoms with E-state index in [1.807, 2.05) is 0 Å². The summed E-state index contributed by atoms with van der Waals surface area (Å²) >= 11 is 0. The minimum atomic E-state index is -0.867. The Morgan fingerprint density at radius 3 is 2.75 bits per heavy atom. The summed E-state index contributed by atoms with van der Waals surface area (Å²) in [5, 5.41) is 6.55. The number of aryl methyl sites for hydroxylation is 1. The molecule has 1 saturated carbocycles. The van der Waals surface area contributed by atoms with Gasteiger partial charge in [0.05, 0.1) is 0 Å². The summed E-state index contributed by atoms with van der Waals surface area (Å²) in [6, 6.07) is 3.88. The zero-order chi connectivity index (χ0) is 17.3. The van der Waals surface area contributed by atoms with Gasteiger partial charge in [0, 0.05) is 13.6 Å². The van der Waals surface area contributed by atoms with Gasteiger partial charge >= 0.3 is 5.69 Å². The van der Waals surface area contributed by atoms with E-state index in [-0.39, 0.29) is 11.7 Å². The number of nitrogens with one attached hydrogen (secondary N) is 2. The van der Waals surface area contributed by atoms with Gasteiger partial charge in [-0.1, -0.05) is 6.07 Å². The molecule has 0 spiro atoms. The number of benzene rings is 1. The first-order valence-electron chi connectivity index (χ1n) is 7.79. The van der Waals surface area contributed by atoms with Gasteiger partial charge in [-0.05, 0) is 48.8 Å². The highest BCUT2D eigenvalue weighted by Crippen LogP contribution is 2.38. The highest BCUT2D eigenvalue weighted by molar-refractivity contribution is 5.90. The van der Waals surface area contributed by atoms with Crippen molar-refractivity contribution in [2.45, 2.75) is 19.3 Å². The van der Waals surface area contributed by atoms with E-state index in [4.69, 9.17) is 0 Å². The Kier molecular flexibility index (Phi) is 4.46. The Balaban J connectivity index is 1.63. The fourth-order valence-corrected chi connectivity index (χ4v) is 2.75. The molecule has 24 heavy (non-hydrogen) atoms. The maximum Gasteiger partial charge on any atom is 0.343 e. The standard InChI is InChI=1S/C16H18F2N4O2/c1-22-16(24)20-14(21-22)15(23)19-8-11(10-3-4-10)6-9-2-5-12(17)13(18)7-9/h2,5,7,10-11H,3-4,6,8H2,1H3,(H,19,23)(H,20,21,24). The summed E-state index contributed by atoms with van der Waals surface area (Å²) in [6.07, 6.45) is 2.68. The van der Waals surface area contributed by atoms with Gasteiger partial charge in [-0.3, -0.25) is 9.78 Å². The third-order valence-electron chi connectivity index (χ3n) is 4.28. The van der Waals surface area contributed by atoms with E-state index in [1.165, 1.54) is 13.1 Å². The van der Waals surface area contributed by atoms with Gasteiger partial charge in [-0.25, -0.2) is 18.3 Å². The van der Waals surface area contributed by atoms with Gasteiger partial charge in [-0.2, -0.15) is 0 Å². The lowest BCUT2D eigenvalue weighted by Gasteiger charge is -2.17. The molecule has 1 heterocycles. The number of H-pyrrole nitrogens is 1. The smallest absolute Gasteiger partial charge is 0.343 e. The van der Waals surface area contributed by atoms with E-state index in [0.717, 1.165) is 23.6 Å². The minimum Gasteiger partial charge on any atom is -0.349 e. The Morgan fingerprint density at radius 2 is 2.17 bits per heavy atom. The van der Waals surface area contributed by atoms with Gasteiger partial charge in [-0.15, -0.1) is 5.10 Å². The molecule has 1 unspecified atom stereocenters. The molecule has 1 aliphatic rings. The Hall–Kier alpha value is -2.51. The maximum atomic E-state index is 13.3. The number of aromatic nitrogens is 3. The van der Waals surface area contributed by atoms with Crippen LogP contribution in [0.15, 0.2) is 23.0 Å². The van der Waals surface area contributed by atoms with Crippen molar-refractivity contribution in [1.29, 1.82) is 0 Å². The molecule has 2 N–H and O–H groups in total. The SMILES string of the molecule is Cn1nc(C(=O)NCC(Cc2ccc(F)c(F)c2)C2CC2)[nH]c1=O. The van der Waals surface area contributed by atoms with Gasteiger partial charge in [0.15, 0.2) is 11.6 Å².